The van der Waals surface area contributed by atoms with E-state index in [1.54, 1.807) is 12.4 Å². The van der Waals surface area contributed by atoms with E-state index in [4.69, 9.17) is 11.5 Å². The summed E-state index contributed by atoms with van der Waals surface area (Å²) in [6, 6.07) is 6.72. The lowest BCUT2D eigenvalue weighted by Gasteiger charge is -2.33. The number of hydrogen-bond acceptors (Lipinski definition) is 9. The molecule has 1 saturated carbocycles. The molecule has 0 radical (unpaired) electrons. The number of rotatable bonds is 6. The summed E-state index contributed by atoms with van der Waals surface area (Å²) >= 11 is 0. The van der Waals surface area contributed by atoms with Gasteiger partial charge in [-0.2, -0.15) is 20.0 Å². The van der Waals surface area contributed by atoms with Gasteiger partial charge in [0.15, 0.2) is 0 Å². The van der Waals surface area contributed by atoms with Gasteiger partial charge in [0, 0.05) is 17.9 Å². The standard InChI is InChI=1S/C19H23N9O2/c20-16-14(5-2-6-15(16)29)26-19-22-10-13(17(21)30)18(27-19)25-11-3-1-4-12(9-11)28-23-7-8-24-28/h1,3-4,7-10,14-16,29H,2,5-6,20H2,(H2,21,30)(H2,22,25,26,27)/t14-,15+,16-/m1/s1. The van der Waals surface area contributed by atoms with Crippen LogP contribution in [0.5, 0.6) is 0 Å². The van der Waals surface area contributed by atoms with Crippen LogP contribution in [0.1, 0.15) is 29.6 Å². The second-order valence-electron chi connectivity index (χ2n) is 7.14. The minimum absolute atomic E-state index is 0.149. The Morgan fingerprint density at radius 1 is 1.23 bits per heavy atom. The highest BCUT2D eigenvalue weighted by atomic mass is 16.3. The van der Waals surface area contributed by atoms with Crippen LogP contribution in [-0.4, -0.2) is 54.2 Å². The van der Waals surface area contributed by atoms with Gasteiger partial charge in [0.05, 0.1) is 30.2 Å². The van der Waals surface area contributed by atoms with Crippen molar-refractivity contribution in [3.05, 3.63) is 48.4 Å². The van der Waals surface area contributed by atoms with Gasteiger partial charge in [-0.3, -0.25) is 4.79 Å². The average Bonchev–Trinajstić information content (AvgIpc) is 3.27. The Balaban J connectivity index is 1.59. The number of amides is 1. The van der Waals surface area contributed by atoms with Crippen LogP contribution >= 0.6 is 0 Å². The second-order valence-corrected chi connectivity index (χ2v) is 7.14. The SMILES string of the molecule is NC(=O)c1cnc(N[C@@H]2CCC[C@H](O)[C@@H]2N)nc1Nc1cccc(-n2nccn2)c1. The van der Waals surface area contributed by atoms with E-state index in [0.717, 1.165) is 18.5 Å². The first-order valence-electron chi connectivity index (χ1n) is 9.62. The van der Waals surface area contributed by atoms with Crippen molar-refractivity contribution in [1.29, 1.82) is 0 Å². The summed E-state index contributed by atoms with van der Waals surface area (Å²) in [7, 11) is 0. The van der Waals surface area contributed by atoms with Crippen LogP contribution in [0.4, 0.5) is 17.5 Å². The zero-order valence-corrected chi connectivity index (χ0v) is 16.1. The fourth-order valence-corrected chi connectivity index (χ4v) is 3.46. The Morgan fingerprint density at radius 3 is 2.80 bits per heavy atom. The molecule has 0 bridgehead atoms. The van der Waals surface area contributed by atoms with E-state index in [2.05, 4.69) is 30.8 Å². The molecule has 1 aromatic carbocycles. The summed E-state index contributed by atoms with van der Waals surface area (Å²) in [6.07, 6.45) is 6.28. The molecule has 30 heavy (non-hydrogen) atoms. The fraction of sp³-hybridized carbons (Fsp3) is 0.316. The highest BCUT2D eigenvalue weighted by Gasteiger charge is 2.29. The van der Waals surface area contributed by atoms with Gasteiger partial charge in [0.25, 0.3) is 5.91 Å². The van der Waals surface area contributed by atoms with E-state index < -0.39 is 18.1 Å². The van der Waals surface area contributed by atoms with Crippen LogP contribution in [0.15, 0.2) is 42.9 Å². The Kier molecular flexibility index (Phi) is 5.55. The maximum absolute atomic E-state index is 11.9. The van der Waals surface area contributed by atoms with Crippen molar-refractivity contribution in [2.75, 3.05) is 10.6 Å². The molecule has 156 valence electrons. The van der Waals surface area contributed by atoms with Gasteiger partial charge in [-0.25, -0.2) is 4.98 Å². The van der Waals surface area contributed by atoms with Gasteiger partial charge in [0.2, 0.25) is 5.95 Å². The molecule has 0 unspecified atom stereocenters. The molecule has 1 aliphatic carbocycles. The second kappa shape index (κ2) is 8.43. The maximum Gasteiger partial charge on any atom is 0.254 e. The van der Waals surface area contributed by atoms with E-state index >= 15 is 0 Å². The summed E-state index contributed by atoms with van der Waals surface area (Å²) in [5.41, 5.74) is 13.1. The van der Waals surface area contributed by atoms with Crippen molar-refractivity contribution in [1.82, 2.24) is 25.0 Å². The van der Waals surface area contributed by atoms with Crippen molar-refractivity contribution in [2.45, 2.75) is 37.5 Å². The van der Waals surface area contributed by atoms with E-state index in [0.29, 0.717) is 18.1 Å². The van der Waals surface area contributed by atoms with E-state index in [9.17, 15) is 9.90 Å². The van der Waals surface area contributed by atoms with Crippen molar-refractivity contribution >= 4 is 23.4 Å². The molecule has 3 atom stereocenters. The van der Waals surface area contributed by atoms with Gasteiger partial charge in [-0.05, 0) is 37.5 Å². The molecule has 2 aromatic heterocycles. The lowest BCUT2D eigenvalue weighted by molar-refractivity contribution is 0.1000. The van der Waals surface area contributed by atoms with Crippen molar-refractivity contribution in [3.63, 3.8) is 0 Å². The first-order chi connectivity index (χ1) is 14.5. The molecule has 0 spiro atoms. The number of hydrogen-bond donors (Lipinski definition) is 5. The van der Waals surface area contributed by atoms with Gasteiger partial charge >= 0.3 is 0 Å². The predicted molar refractivity (Wildman–Crippen MR) is 110 cm³/mol. The van der Waals surface area contributed by atoms with Crippen molar-refractivity contribution in [2.24, 2.45) is 11.5 Å². The van der Waals surface area contributed by atoms with Crippen molar-refractivity contribution in [3.8, 4) is 5.69 Å². The molecule has 4 rings (SSSR count). The molecule has 1 fully saturated rings. The summed E-state index contributed by atoms with van der Waals surface area (Å²) in [6.45, 7) is 0. The number of nitrogens with two attached hydrogens (primary N) is 2. The fourth-order valence-electron chi connectivity index (χ4n) is 3.46. The van der Waals surface area contributed by atoms with Gasteiger partial charge in [0.1, 0.15) is 11.4 Å². The van der Waals surface area contributed by atoms with Crippen LogP contribution in [0.3, 0.4) is 0 Å². The third kappa shape index (κ3) is 4.21. The van der Waals surface area contributed by atoms with E-state index in [-0.39, 0.29) is 17.4 Å². The molecular weight excluding hydrogens is 386 g/mol. The number of aliphatic hydroxyl groups is 1. The third-order valence-corrected chi connectivity index (χ3v) is 5.05. The van der Waals surface area contributed by atoms with Crippen molar-refractivity contribution < 1.29 is 9.90 Å². The molecule has 0 saturated heterocycles. The molecule has 11 heteroatoms. The highest BCUT2D eigenvalue weighted by molar-refractivity contribution is 5.98. The average molecular weight is 409 g/mol. The maximum atomic E-state index is 11.9. The molecular formula is C19H23N9O2. The number of benzene rings is 1. The topological polar surface area (TPSA) is 170 Å². The molecule has 3 aromatic rings. The number of aromatic nitrogens is 5. The van der Waals surface area contributed by atoms with Crippen LogP contribution in [0.2, 0.25) is 0 Å². The minimum Gasteiger partial charge on any atom is -0.391 e. The molecule has 0 aliphatic heterocycles. The highest BCUT2D eigenvalue weighted by Crippen LogP contribution is 2.24. The first kappa shape index (κ1) is 19.7. The smallest absolute Gasteiger partial charge is 0.254 e. The Morgan fingerprint density at radius 2 is 2.03 bits per heavy atom. The van der Waals surface area contributed by atoms with Gasteiger partial charge in [-0.15, -0.1) is 0 Å². The van der Waals surface area contributed by atoms with Crippen LogP contribution < -0.4 is 22.1 Å². The lowest BCUT2D eigenvalue weighted by Crippen LogP contribution is -2.51. The summed E-state index contributed by atoms with van der Waals surface area (Å²) in [4.78, 5) is 22.0. The molecule has 11 nitrogen and oxygen atoms in total. The number of nitrogens with one attached hydrogen (secondary N) is 2. The summed E-state index contributed by atoms with van der Waals surface area (Å²) < 4.78 is 0. The molecule has 2 heterocycles. The monoisotopic (exact) mass is 409 g/mol. The number of nitrogens with zero attached hydrogens (tertiary/aromatic N) is 5. The number of aliphatic hydroxyl groups excluding tert-OH is 1. The van der Waals surface area contributed by atoms with E-state index in [1.165, 1.54) is 11.0 Å². The lowest BCUT2D eigenvalue weighted by atomic mass is 9.88. The first-order valence-corrected chi connectivity index (χ1v) is 9.62. The number of primary amides is 1. The molecule has 1 aliphatic rings. The third-order valence-electron chi connectivity index (χ3n) is 5.05. The number of carbonyl (C=O) groups excluding carboxylic acids is 1. The normalized spacial score (nSPS) is 21.2. The van der Waals surface area contributed by atoms with Crippen LogP contribution in [-0.2, 0) is 0 Å². The number of carbonyl (C=O) groups is 1. The van der Waals surface area contributed by atoms with Gasteiger partial charge in [-0.1, -0.05) is 6.07 Å². The zero-order chi connectivity index (χ0) is 21.1. The molecule has 1 amide bonds. The predicted octanol–water partition coefficient (Wildman–Crippen LogP) is 0.552. The summed E-state index contributed by atoms with van der Waals surface area (Å²) in [5.74, 6) is -0.101. The quantitative estimate of drug-likeness (QED) is 0.390. The van der Waals surface area contributed by atoms with Gasteiger partial charge < -0.3 is 27.2 Å². The van der Waals surface area contributed by atoms with Crippen LogP contribution in [0.25, 0.3) is 5.69 Å². The summed E-state index contributed by atoms with van der Waals surface area (Å²) in [5, 5.41) is 24.5. The zero-order valence-electron chi connectivity index (χ0n) is 16.1. The molecule has 7 N–H and O–H groups in total. The van der Waals surface area contributed by atoms with Crippen LogP contribution in [0, 0.1) is 0 Å². The Bertz CT molecular complexity index is 1020. The Labute approximate surface area is 172 Å². The number of anilines is 3. The minimum atomic E-state index is -0.654. The largest absolute Gasteiger partial charge is 0.391 e. The van der Waals surface area contributed by atoms with E-state index in [1.807, 2.05) is 24.3 Å². The Hall–Kier alpha value is -3.57.